The van der Waals surface area contributed by atoms with Crippen LogP contribution in [0.2, 0.25) is 0 Å². The minimum absolute atomic E-state index is 0.215. The average Bonchev–Trinajstić information content (AvgIpc) is 2.81. The molecule has 0 fully saturated rings. The van der Waals surface area contributed by atoms with Gasteiger partial charge in [0.1, 0.15) is 11.5 Å². The summed E-state index contributed by atoms with van der Waals surface area (Å²) in [7, 11) is 1.59. The minimum Gasteiger partial charge on any atom is -0.497 e. The van der Waals surface area contributed by atoms with Crippen LogP contribution in [0.1, 0.15) is 5.56 Å². The lowest BCUT2D eigenvalue weighted by Crippen LogP contribution is -2.43. The van der Waals surface area contributed by atoms with Crippen LogP contribution in [0.5, 0.6) is 11.5 Å². The quantitative estimate of drug-likeness (QED) is 0.468. The van der Waals surface area contributed by atoms with Gasteiger partial charge < -0.3 is 9.47 Å². The van der Waals surface area contributed by atoms with E-state index in [1.165, 1.54) is 6.08 Å². The lowest BCUT2D eigenvalue weighted by molar-refractivity contribution is -0.128. The van der Waals surface area contributed by atoms with Gasteiger partial charge in [0.25, 0.3) is 11.8 Å². The normalized spacial score (nSPS) is 10.4. The van der Waals surface area contributed by atoms with E-state index in [1.54, 1.807) is 37.5 Å². The van der Waals surface area contributed by atoms with Crippen LogP contribution in [0.4, 0.5) is 0 Å². The van der Waals surface area contributed by atoms with Crippen LogP contribution in [-0.4, -0.2) is 25.5 Å². The molecule has 0 aromatic heterocycles. The highest BCUT2D eigenvalue weighted by Crippen LogP contribution is 2.21. The van der Waals surface area contributed by atoms with Gasteiger partial charge in [-0.2, -0.15) is 0 Å². The maximum absolute atomic E-state index is 11.9. The number of carbonyl (C=O) groups is 2. The van der Waals surface area contributed by atoms with Gasteiger partial charge in [-0.25, -0.2) is 0 Å². The Morgan fingerprint density at radius 3 is 2.10 bits per heavy atom. The van der Waals surface area contributed by atoms with Crippen LogP contribution in [0, 0.1) is 0 Å². The van der Waals surface area contributed by atoms with Gasteiger partial charge in [0, 0.05) is 6.08 Å². The molecule has 6 nitrogen and oxygen atoms in total. The number of ether oxygens (including phenoxy) is 2. The Hall–Kier alpha value is -4.06. The van der Waals surface area contributed by atoms with Crippen LogP contribution in [0.15, 0.2) is 84.9 Å². The summed E-state index contributed by atoms with van der Waals surface area (Å²) < 4.78 is 10.5. The van der Waals surface area contributed by atoms with Crippen molar-refractivity contribution in [3.8, 4) is 22.6 Å². The Balaban J connectivity index is 1.41. The molecule has 0 radical (unpaired) electrons. The second kappa shape index (κ2) is 10.5. The highest BCUT2D eigenvalue weighted by Gasteiger charge is 2.04. The van der Waals surface area contributed by atoms with Crippen LogP contribution in [-0.2, 0) is 9.59 Å². The third-order valence-electron chi connectivity index (χ3n) is 4.20. The third-order valence-corrected chi connectivity index (χ3v) is 4.20. The number of carbonyl (C=O) groups excluding carboxylic acids is 2. The van der Waals surface area contributed by atoms with Gasteiger partial charge in [0.2, 0.25) is 0 Å². The Morgan fingerprint density at radius 1 is 0.800 bits per heavy atom. The number of benzene rings is 3. The lowest BCUT2D eigenvalue weighted by atomic mass is 10.1. The van der Waals surface area contributed by atoms with Gasteiger partial charge >= 0.3 is 0 Å². The summed E-state index contributed by atoms with van der Waals surface area (Å²) in [4.78, 5) is 23.7. The maximum atomic E-state index is 11.9. The topological polar surface area (TPSA) is 76.7 Å². The first kappa shape index (κ1) is 20.7. The number of nitrogens with one attached hydrogen (secondary N) is 2. The molecule has 3 aromatic rings. The van der Waals surface area contributed by atoms with Gasteiger partial charge in [-0.3, -0.25) is 20.4 Å². The molecule has 3 rings (SSSR count). The number of hydrazine groups is 1. The molecule has 0 unspecified atom stereocenters. The van der Waals surface area contributed by atoms with Crippen molar-refractivity contribution in [1.29, 1.82) is 0 Å². The first-order valence-electron chi connectivity index (χ1n) is 9.33. The van der Waals surface area contributed by atoms with Crippen molar-refractivity contribution in [1.82, 2.24) is 10.9 Å². The summed E-state index contributed by atoms with van der Waals surface area (Å²) in [6.45, 7) is -0.215. The Morgan fingerprint density at radius 2 is 1.43 bits per heavy atom. The molecular weight excluding hydrogens is 380 g/mol. The van der Waals surface area contributed by atoms with Gasteiger partial charge in [-0.05, 0) is 47.0 Å². The Bertz CT molecular complexity index is 998. The summed E-state index contributed by atoms with van der Waals surface area (Å²) in [5.41, 5.74) is 7.62. The monoisotopic (exact) mass is 402 g/mol. The molecule has 6 heteroatoms. The molecule has 0 spiro atoms. The number of methoxy groups -OCH3 is 1. The van der Waals surface area contributed by atoms with Gasteiger partial charge in [-0.15, -0.1) is 0 Å². The van der Waals surface area contributed by atoms with Crippen molar-refractivity contribution < 1.29 is 19.1 Å². The zero-order valence-corrected chi connectivity index (χ0v) is 16.5. The Kier molecular flexibility index (Phi) is 7.22. The molecular formula is C24H22N2O4. The fraction of sp³-hybridized carbons (Fsp3) is 0.0833. The summed E-state index contributed by atoms with van der Waals surface area (Å²) in [6, 6.07) is 24.6. The van der Waals surface area contributed by atoms with E-state index in [-0.39, 0.29) is 6.61 Å². The third kappa shape index (κ3) is 6.24. The number of rotatable bonds is 7. The van der Waals surface area contributed by atoms with Crippen molar-refractivity contribution in [2.75, 3.05) is 13.7 Å². The average molecular weight is 402 g/mol. The molecule has 3 aromatic carbocycles. The van der Waals surface area contributed by atoms with E-state index >= 15 is 0 Å². The van der Waals surface area contributed by atoms with E-state index in [4.69, 9.17) is 9.47 Å². The molecule has 0 bridgehead atoms. The fourth-order valence-corrected chi connectivity index (χ4v) is 2.62. The minimum atomic E-state index is -0.465. The highest BCUT2D eigenvalue weighted by atomic mass is 16.5. The van der Waals surface area contributed by atoms with E-state index in [9.17, 15) is 9.59 Å². The van der Waals surface area contributed by atoms with Crippen LogP contribution >= 0.6 is 0 Å². The van der Waals surface area contributed by atoms with Gasteiger partial charge in [0.15, 0.2) is 6.61 Å². The smallest absolute Gasteiger partial charge is 0.276 e. The van der Waals surface area contributed by atoms with E-state index in [2.05, 4.69) is 10.9 Å². The molecule has 0 atom stereocenters. The largest absolute Gasteiger partial charge is 0.497 e. The van der Waals surface area contributed by atoms with Crippen LogP contribution < -0.4 is 20.3 Å². The predicted molar refractivity (Wildman–Crippen MR) is 116 cm³/mol. The maximum Gasteiger partial charge on any atom is 0.276 e. The van der Waals surface area contributed by atoms with Crippen molar-refractivity contribution >= 4 is 17.9 Å². The van der Waals surface area contributed by atoms with E-state index < -0.39 is 11.8 Å². The van der Waals surface area contributed by atoms with E-state index in [0.29, 0.717) is 5.75 Å². The molecule has 152 valence electrons. The molecule has 0 heterocycles. The zero-order chi connectivity index (χ0) is 21.2. The fourth-order valence-electron chi connectivity index (χ4n) is 2.62. The van der Waals surface area contributed by atoms with Gasteiger partial charge in [-0.1, -0.05) is 54.6 Å². The molecule has 2 amide bonds. The lowest BCUT2D eigenvalue weighted by Gasteiger charge is -2.08. The van der Waals surface area contributed by atoms with Crippen LogP contribution in [0.3, 0.4) is 0 Å². The standard InChI is InChI=1S/C24H22N2O4/c1-29-21-12-7-18(8-13-21)9-16-23(27)25-26-24(28)17-30-22-14-10-20(11-15-22)19-5-3-2-4-6-19/h2-16H,17H2,1H3,(H,25,27)(H,26,28)/b16-9+. The molecule has 0 aliphatic rings. The summed E-state index contributed by atoms with van der Waals surface area (Å²) in [5, 5.41) is 0. The zero-order valence-electron chi connectivity index (χ0n) is 16.5. The van der Waals surface area contributed by atoms with Gasteiger partial charge in [0.05, 0.1) is 7.11 Å². The Labute approximate surface area is 175 Å². The first-order chi connectivity index (χ1) is 14.6. The summed E-state index contributed by atoms with van der Waals surface area (Å²) >= 11 is 0. The van der Waals surface area contributed by atoms with Crippen molar-refractivity contribution in [3.05, 3.63) is 90.5 Å². The molecule has 2 N–H and O–H groups in total. The van der Waals surface area contributed by atoms with Crippen LogP contribution in [0.25, 0.3) is 17.2 Å². The molecule has 0 aliphatic heterocycles. The summed E-state index contributed by atoms with van der Waals surface area (Å²) in [5.74, 6) is 0.383. The summed E-state index contributed by atoms with van der Waals surface area (Å²) in [6.07, 6.45) is 2.96. The second-order valence-electron chi connectivity index (χ2n) is 6.32. The number of amides is 2. The second-order valence-corrected chi connectivity index (χ2v) is 6.32. The highest BCUT2D eigenvalue weighted by molar-refractivity contribution is 5.93. The molecule has 0 saturated carbocycles. The van der Waals surface area contributed by atoms with Crippen molar-refractivity contribution in [3.63, 3.8) is 0 Å². The van der Waals surface area contributed by atoms with E-state index in [0.717, 1.165) is 22.4 Å². The SMILES string of the molecule is COc1ccc(/C=C/C(=O)NNC(=O)COc2ccc(-c3ccccc3)cc2)cc1. The molecule has 0 aliphatic carbocycles. The van der Waals surface area contributed by atoms with E-state index in [1.807, 2.05) is 54.6 Å². The van der Waals surface area contributed by atoms with Crippen molar-refractivity contribution in [2.45, 2.75) is 0 Å². The molecule has 30 heavy (non-hydrogen) atoms. The molecule has 0 saturated heterocycles. The number of hydrogen-bond donors (Lipinski definition) is 2. The van der Waals surface area contributed by atoms with Crippen molar-refractivity contribution in [2.24, 2.45) is 0 Å². The number of hydrogen-bond acceptors (Lipinski definition) is 4. The predicted octanol–water partition coefficient (Wildman–Crippen LogP) is 3.60. The first-order valence-corrected chi connectivity index (χ1v) is 9.33.